The minimum absolute atomic E-state index is 0.0307. The van der Waals surface area contributed by atoms with Crippen molar-refractivity contribution in [2.45, 2.75) is 11.9 Å². The van der Waals surface area contributed by atoms with Gasteiger partial charge in [0.1, 0.15) is 17.3 Å². The number of nitrogens with one attached hydrogen (secondary N) is 2. The van der Waals surface area contributed by atoms with Gasteiger partial charge in [-0.05, 0) is 60.2 Å². The highest BCUT2D eigenvalue weighted by atomic mass is 35.5. The molecular formula is C23H18ClF3N4O2. The van der Waals surface area contributed by atoms with Gasteiger partial charge in [0.15, 0.2) is 0 Å². The Kier molecular flexibility index (Phi) is 6.15. The summed E-state index contributed by atoms with van der Waals surface area (Å²) in [7, 11) is 1.57. The Balaban J connectivity index is 1.53. The highest BCUT2D eigenvalue weighted by molar-refractivity contribution is 6.28. The maximum atomic E-state index is 13.6. The number of rotatable bonds is 6. The maximum absolute atomic E-state index is 13.6. The lowest BCUT2D eigenvalue weighted by atomic mass is 10.1. The monoisotopic (exact) mass is 474 g/mol. The third kappa shape index (κ3) is 5.04. The molecule has 6 nitrogen and oxygen atoms in total. The summed E-state index contributed by atoms with van der Waals surface area (Å²) in [6, 6.07) is 15.0. The van der Waals surface area contributed by atoms with E-state index in [1.54, 1.807) is 25.3 Å². The third-order valence-electron chi connectivity index (χ3n) is 4.73. The molecule has 4 rings (SSSR count). The lowest BCUT2D eigenvalue weighted by Crippen LogP contribution is -2.58. The molecule has 10 heteroatoms. The van der Waals surface area contributed by atoms with Crippen LogP contribution in [0.3, 0.4) is 0 Å². The average molecular weight is 475 g/mol. The van der Waals surface area contributed by atoms with E-state index in [2.05, 4.69) is 20.6 Å². The lowest BCUT2D eigenvalue weighted by Gasteiger charge is -2.34. The fraction of sp³-hybridized carbons (Fsp3) is 0.130. The van der Waals surface area contributed by atoms with Crippen molar-refractivity contribution >= 4 is 23.1 Å². The molecular weight excluding hydrogens is 457 g/mol. The molecule has 33 heavy (non-hydrogen) atoms. The molecule has 1 atom stereocenters. The molecule has 0 fully saturated rings. The molecule has 1 aliphatic heterocycles. The number of ether oxygens (including phenoxy) is 2. The van der Waals surface area contributed by atoms with E-state index < -0.39 is 11.9 Å². The molecule has 170 valence electrons. The number of anilines is 2. The van der Waals surface area contributed by atoms with Gasteiger partial charge in [0.05, 0.1) is 12.8 Å². The van der Waals surface area contributed by atoms with Gasteiger partial charge in [0, 0.05) is 23.5 Å². The van der Waals surface area contributed by atoms with E-state index in [-0.39, 0.29) is 11.0 Å². The van der Waals surface area contributed by atoms with Crippen molar-refractivity contribution in [2.24, 2.45) is 0 Å². The van der Waals surface area contributed by atoms with E-state index in [0.29, 0.717) is 22.9 Å². The first-order chi connectivity index (χ1) is 15.8. The van der Waals surface area contributed by atoms with Gasteiger partial charge in [-0.15, -0.1) is 0 Å². The van der Waals surface area contributed by atoms with Crippen LogP contribution in [0.1, 0.15) is 0 Å². The van der Waals surface area contributed by atoms with E-state index in [9.17, 15) is 13.2 Å². The first-order valence-corrected chi connectivity index (χ1v) is 10.1. The maximum Gasteiger partial charge on any atom is 0.452 e. The predicted octanol–water partition coefficient (Wildman–Crippen LogP) is 5.86. The molecule has 0 spiro atoms. The topological polar surface area (TPSA) is 68.3 Å². The number of allylic oxidation sites excluding steroid dienone is 2. The predicted molar refractivity (Wildman–Crippen MR) is 120 cm³/mol. The van der Waals surface area contributed by atoms with Crippen LogP contribution < -0.4 is 20.1 Å². The minimum Gasteiger partial charge on any atom is -0.497 e. The molecule has 0 amide bonds. The number of methoxy groups -OCH3 is 1. The Morgan fingerprint density at radius 2 is 1.79 bits per heavy atom. The standard InChI is InChI=1S/C23H18ClF3N4O2/c1-32-18-6-4-5-15(13-18)19-14-20(31-21(24)30-19)29-16-7-9-17(10-8-16)33-22(23(25,26)27)11-2-3-12-28-22/h2-14,28H,1H3,(H,29,30,31). The second-order valence-electron chi connectivity index (χ2n) is 6.99. The molecule has 0 saturated carbocycles. The van der Waals surface area contributed by atoms with Gasteiger partial charge < -0.3 is 20.1 Å². The molecule has 2 heterocycles. The normalized spacial score (nSPS) is 17.4. The fourth-order valence-electron chi connectivity index (χ4n) is 3.12. The van der Waals surface area contributed by atoms with Crippen LogP contribution in [0.2, 0.25) is 5.28 Å². The quantitative estimate of drug-likeness (QED) is 0.436. The number of nitrogens with zero attached hydrogens (tertiary/aromatic N) is 2. The second-order valence-corrected chi connectivity index (χ2v) is 7.32. The first kappa shape index (κ1) is 22.5. The van der Waals surface area contributed by atoms with Crippen molar-refractivity contribution in [1.82, 2.24) is 15.3 Å². The Morgan fingerprint density at radius 3 is 2.45 bits per heavy atom. The van der Waals surface area contributed by atoms with Crippen LogP contribution >= 0.6 is 11.6 Å². The van der Waals surface area contributed by atoms with Crippen LogP contribution in [0.25, 0.3) is 11.3 Å². The summed E-state index contributed by atoms with van der Waals surface area (Å²) in [4.78, 5) is 8.41. The second kappa shape index (κ2) is 9.03. The van der Waals surface area contributed by atoms with E-state index in [1.807, 2.05) is 24.3 Å². The molecule has 1 aliphatic rings. The van der Waals surface area contributed by atoms with Crippen molar-refractivity contribution in [1.29, 1.82) is 0 Å². The van der Waals surface area contributed by atoms with Crippen molar-refractivity contribution < 1.29 is 22.6 Å². The SMILES string of the molecule is COc1cccc(-c2cc(Nc3ccc(OC4(C(F)(F)F)C=CC=CN4)cc3)nc(Cl)n2)c1. The number of dihydropyridines is 1. The Hall–Kier alpha value is -3.72. The molecule has 0 aliphatic carbocycles. The number of alkyl halides is 3. The number of hydrogen-bond acceptors (Lipinski definition) is 6. The largest absolute Gasteiger partial charge is 0.497 e. The van der Waals surface area contributed by atoms with Gasteiger partial charge in [-0.2, -0.15) is 13.2 Å². The van der Waals surface area contributed by atoms with Crippen LogP contribution in [-0.4, -0.2) is 29.0 Å². The summed E-state index contributed by atoms with van der Waals surface area (Å²) in [6.45, 7) is 0. The molecule has 0 saturated heterocycles. The summed E-state index contributed by atoms with van der Waals surface area (Å²) in [6.07, 6.45) is 0.162. The zero-order valence-electron chi connectivity index (χ0n) is 17.2. The van der Waals surface area contributed by atoms with Gasteiger partial charge in [-0.3, -0.25) is 0 Å². The fourth-order valence-corrected chi connectivity index (χ4v) is 3.30. The summed E-state index contributed by atoms with van der Waals surface area (Å²) >= 11 is 6.09. The van der Waals surface area contributed by atoms with E-state index in [0.717, 1.165) is 11.6 Å². The van der Waals surface area contributed by atoms with Crippen molar-refractivity contribution in [3.05, 3.63) is 84.3 Å². The summed E-state index contributed by atoms with van der Waals surface area (Å²) in [5.41, 5.74) is -0.707. The molecule has 1 unspecified atom stereocenters. The number of aromatic nitrogens is 2. The van der Waals surface area contributed by atoms with Gasteiger partial charge in [0.2, 0.25) is 5.28 Å². The van der Waals surface area contributed by atoms with Gasteiger partial charge in [0.25, 0.3) is 5.72 Å². The van der Waals surface area contributed by atoms with Gasteiger partial charge in [-0.1, -0.05) is 18.2 Å². The molecule has 0 bridgehead atoms. The third-order valence-corrected chi connectivity index (χ3v) is 4.90. The van der Waals surface area contributed by atoms with E-state index in [1.165, 1.54) is 30.5 Å². The van der Waals surface area contributed by atoms with Crippen LogP contribution in [0.4, 0.5) is 24.7 Å². The molecule has 1 aromatic heterocycles. The zero-order chi connectivity index (χ0) is 23.5. The van der Waals surface area contributed by atoms with Crippen molar-refractivity contribution in [3.8, 4) is 22.8 Å². The Morgan fingerprint density at radius 1 is 1.00 bits per heavy atom. The van der Waals surface area contributed by atoms with E-state index in [4.69, 9.17) is 21.1 Å². The number of hydrogen-bond donors (Lipinski definition) is 2. The van der Waals surface area contributed by atoms with Crippen molar-refractivity contribution in [2.75, 3.05) is 12.4 Å². The lowest BCUT2D eigenvalue weighted by molar-refractivity contribution is -0.237. The summed E-state index contributed by atoms with van der Waals surface area (Å²) in [5.74, 6) is 1.11. The van der Waals surface area contributed by atoms with Crippen LogP contribution in [0, 0.1) is 0 Å². The minimum atomic E-state index is -4.67. The summed E-state index contributed by atoms with van der Waals surface area (Å²) in [5, 5.41) is 5.34. The molecule has 3 aromatic rings. The van der Waals surface area contributed by atoms with Gasteiger partial charge >= 0.3 is 6.18 Å². The van der Waals surface area contributed by atoms with Crippen molar-refractivity contribution in [3.63, 3.8) is 0 Å². The highest BCUT2D eigenvalue weighted by Gasteiger charge is 2.56. The van der Waals surface area contributed by atoms with Crippen LogP contribution in [-0.2, 0) is 0 Å². The smallest absolute Gasteiger partial charge is 0.452 e. The van der Waals surface area contributed by atoms with Crippen LogP contribution in [0.15, 0.2) is 79.0 Å². The van der Waals surface area contributed by atoms with Gasteiger partial charge in [-0.25, -0.2) is 9.97 Å². The Bertz CT molecular complexity index is 1200. The average Bonchev–Trinajstić information content (AvgIpc) is 2.80. The highest BCUT2D eigenvalue weighted by Crippen LogP contribution is 2.36. The number of halogens is 4. The zero-order valence-corrected chi connectivity index (χ0v) is 18.0. The summed E-state index contributed by atoms with van der Waals surface area (Å²) < 4.78 is 51.3. The number of benzene rings is 2. The first-order valence-electron chi connectivity index (χ1n) is 9.72. The van der Waals surface area contributed by atoms with E-state index >= 15 is 0 Å². The molecule has 0 radical (unpaired) electrons. The van der Waals surface area contributed by atoms with Crippen LogP contribution in [0.5, 0.6) is 11.5 Å². The molecule has 2 aromatic carbocycles. The molecule has 2 N–H and O–H groups in total. The Labute approximate surface area is 192 Å².